The molecule has 0 unspecified atom stereocenters. The molecule has 0 aliphatic rings. The zero-order valence-corrected chi connectivity index (χ0v) is 4.18. The Balaban J connectivity index is 0. The monoisotopic (exact) mass is 136 g/mol. The molecule has 0 aromatic rings. The Morgan fingerprint density at radius 2 is 0.500 bits per heavy atom. The third-order valence-corrected chi connectivity index (χ3v) is 0. The maximum Gasteiger partial charge on any atom is 3.00 e. The van der Waals surface area contributed by atoms with Gasteiger partial charge in [-0.25, -0.2) is 0 Å². The third kappa shape index (κ3) is 12.1. The summed E-state index contributed by atoms with van der Waals surface area (Å²) in [6, 6.07) is 0. The molecule has 0 aromatic heterocycles. The van der Waals surface area contributed by atoms with E-state index in [0.717, 1.165) is 0 Å². The van der Waals surface area contributed by atoms with Gasteiger partial charge in [0.15, 0.2) is 0 Å². The molecule has 0 saturated heterocycles. The molecule has 2 radical (unpaired) electrons. The average Bonchev–Trinajstić information content (AvgIpc) is 0. The summed E-state index contributed by atoms with van der Waals surface area (Å²) in [5.74, 6) is 0. The van der Waals surface area contributed by atoms with Gasteiger partial charge in [0.25, 0.3) is 0 Å². The minimum Gasteiger partial charge on any atom is -2.00 e. The average molecular weight is 136 g/mol. The maximum absolute atomic E-state index is 0. The van der Waals surface area contributed by atoms with Gasteiger partial charge in [-0.1, -0.05) is 0 Å². The van der Waals surface area contributed by atoms with Crippen LogP contribution in [0.2, 0.25) is 0 Å². The van der Waals surface area contributed by atoms with Gasteiger partial charge in [0.2, 0.25) is 0 Å². The Morgan fingerprint density at radius 1 is 0.500 bits per heavy atom. The van der Waals surface area contributed by atoms with Gasteiger partial charge in [-0.3, -0.25) is 0 Å². The number of rotatable bonds is 0. The standard InChI is InChI=1S/2Cr.2O/q2*+3;2*-2. The van der Waals surface area contributed by atoms with Crippen molar-refractivity contribution >= 4 is 0 Å². The second kappa shape index (κ2) is 36.6. The van der Waals surface area contributed by atoms with Gasteiger partial charge in [-0.2, -0.15) is 0 Å². The molecule has 0 bridgehead atoms. The van der Waals surface area contributed by atoms with E-state index < -0.39 is 0 Å². The van der Waals surface area contributed by atoms with E-state index in [-0.39, 0.29) is 45.7 Å². The van der Waals surface area contributed by atoms with Crippen LogP contribution in [-0.2, 0) is 45.7 Å². The van der Waals surface area contributed by atoms with Crippen molar-refractivity contribution in [2.45, 2.75) is 0 Å². The number of hydrogen-bond acceptors (Lipinski definition) is 0. The summed E-state index contributed by atoms with van der Waals surface area (Å²) >= 11 is 0. The van der Waals surface area contributed by atoms with Crippen molar-refractivity contribution in [1.82, 2.24) is 0 Å². The number of hydrogen-bond donors (Lipinski definition) is 0. The molecule has 0 fully saturated rings. The molecule has 0 atom stereocenters. The van der Waals surface area contributed by atoms with Gasteiger partial charge < -0.3 is 11.0 Å². The SMILES string of the molecule is [Cr+3].[Cr+3].[O-2].[O-2]. The molecule has 2 nitrogen and oxygen atoms in total. The molecule has 0 heterocycles. The van der Waals surface area contributed by atoms with E-state index in [4.69, 9.17) is 0 Å². The Hall–Kier alpha value is 0.985. The van der Waals surface area contributed by atoms with Crippen LogP contribution in [0, 0.1) is 0 Å². The van der Waals surface area contributed by atoms with Crippen LogP contribution in [0.4, 0.5) is 0 Å². The zero-order chi connectivity index (χ0) is 0. The molecule has 22 valence electrons. The van der Waals surface area contributed by atoms with Crippen molar-refractivity contribution < 1.29 is 45.7 Å². The minimum atomic E-state index is 0. The van der Waals surface area contributed by atoms with Crippen LogP contribution in [0.1, 0.15) is 0 Å². The second-order valence-corrected chi connectivity index (χ2v) is 0. The van der Waals surface area contributed by atoms with Crippen molar-refractivity contribution in [2.24, 2.45) is 0 Å². The Bertz CT molecular complexity index is 4.00. The summed E-state index contributed by atoms with van der Waals surface area (Å²) in [5, 5.41) is 0. The zero-order valence-electron chi connectivity index (χ0n) is 1.63. The molecule has 0 saturated carbocycles. The molecule has 0 amide bonds. The quantitative estimate of drug-likeness (QED) is 0.441. The Kier molecular flexibility index (Phi) is 747. The summed E-state index contributed by atoms with van der Waals surface area (Å²) in [6.07, 6.45) is 0. The smallest absolute Gasteiger partial charge is 2.00 e. The first-order valence-electron chi connectivity index (χ1n) is 0. The molecule has 4 heavy (non-hydrogen) atoms. The molecule has 0 aliphatic heterocycles. The fourth-order valence-corrected chi connectivity index (χ4v) is 0. The first-order valence-corrected chi connectivity index (χ1v) is 0. The van der Waals surface area contributed by atoms with Crippen LogP contribution in [0.25, 0.3) is 0 Å². The fourth-order valence-electron chi connectivity index (χ4n) is 0. The molecule has 0 spiro atoms. The maximum atomic E-state index is 0. The normalized spacial score (nSPS) is 0. The topological polar surface area (TPSA) is 57.0 Å². The molecule has 0 aromatic carbocycles. The van der Waals surface area contributed by atoms with Crippen LogP contribution >= 0.6 is 0 Å². The van der Waals surface area contributed by atoms with E-state index in [1.165, 1.54) is 0 Å². The molecule has 0 N–H and O–H groups in total. The van der Waals surface area contributed by atoms with E-state index in [1.807, 2.05) is 0 Å². The van der Waals surface area contributed by atoms with Crippen molar-refractivity contribution in [1.29, 1.82) is 0 Å². The van der Waals surface area contributed by atoms with Crippen molar-refractivity contribution in [3.8, 4) is 0 Å². The summed E-state index contributed by atoms with van der Waals surface area (Å²) < 4.78 is 0. The minimum absolute atomic E-state index is 0. The molecular formula is Cr2O2+2. The summed E-state index contributed by atoms with van der Waals surface area (Å²) in [4.78, 5) is 0. The van der Waals surface area contributed by atoms with Gasteiger partial charge in [-0.05, 0) is 0 Å². The van der Waals surface area contributed by atoms with Crippen LogP contribution in [0.3, 0.4) is 0 Å². The van der Waals surface area contributed by atoms with Gasteiger partial charge in [0, 0.05) is 0 Å². The van der Waals surface area contributed by atoms with Crippen LogP contribution in [0.5, 0.6) is 0 Å². The molecule has 4 heteroatoms. The van der Waals surface area contributed by atoms with Crippen LogP contribution in [0.15, 0.2) is 0 Å². The first kappa shape index (κ1) is 81.6. The van der Waals surface area contributed by atoms with Gasteiger partial charge >= 0.3 is 34.7 Å². The third-order valence-electron chi connectivity index (χ3n) is 0. The van der Waals surface area contributed by atoms with Gasteiger partial charge in [0.05, 0.1) is 0 Å². The van der Waals surface area contributed by atoms with Crippen molar-refractivity contribution in [2.75, 3.05) is 0 Å². The first-order chi connectivity index (χ1) is 0. The summed E-state index contributed by atoms with van der Waals surface area (Å²) in [5.41, 5.74) is 0. The predicted molar refractivity (Wildman–Crippen MR) is 1.37 cm³/mol. The van der Waals surface area contributed by atoms with Gasteiger partial charge in [0.1, 0.15) is 0 Å². The van der Waals surface area contributed by atoms with Gasteiger partial charge in [-0.15, -0.1) is 0 Å². The summed E-state index contributed by atoms with van der Waals surface area (Å²) in [6.45, 7) is 0. The van der Waals surface area contributed by atoms with Crippen molar-refractivity contribution in [3.63, 3.8) is 0 Å². The van der Waals surface area contributed by atoms with E-state index in [1.54, 1.807) is 0 Å². The molecule has 0 aliphatic carbocycles. The predicted octanol–water partition coefficient (Wildman–Crippen LogP) is -0.243. The fraction of sp³-hybridized carbons (Fsp3) is 0. The summed E-state index contributed by atoms with van der Waals surface area (Å²) in [7, 11) is 0. The van der Waals surface area contributed by atoms with E-state index in [9.17, 15) is 0 Å². The second-order valence-electron chi connectivity index (χ2n) is 0. The molecular weight excluding hydrogens is 136 g/mol. The van der Waals surface area contributed by atoms with Crippen LogP contribution in [-0.4, -0.2) is 0 Å². The largest absolute Gasteiger partial charge is 3.00 e. The Morgan fingerprint density at radius 3 is 0.500 bits per heavy atom. The van der Waals surface area contributed by atoms with Crippen LogP contribution < -0.4 is 0 Å². The van der Waals surface area contributed by atoms with E-state index >= 15 is 0 Å². The molecule has 0 rings (SSSR count). The van der Waals surface area contributed by atoms with E-state index in [2.05, 4.69) is 0 Å². The van der Waals surface area contributed by atoms with Crippen molar-refractivity contribution in [3.05, 3.63) is 0 Å². The van der Waals surface area contributed by atoms with E-state index in [0.29, 0.717) is 0 Å². The Labute approximate surface area is 46.1 Å².